The van der Waals surface area contributed by atoms with Gasteiger partial charge in [0.25, 0.3) is 0 Å². The molecule has 4 heteroatoms. The lowest BCUT2D eigenvalue weighted by atomic mass is 10.1. The first-order chi connectivity index (χ1) is 8.11. The molecule has 17 heavy (non-hydrogen) atoms. The fourth-order valence-corrected chi connectivity index (χ4v) is 1.71. The molecule has 0 aliphatic rings. The van der Waals surface area contributed by atoms with Gasteiger partial charge >= 0.3 is 0 Å². The monoisotopic (exact) mass is 228 g/mol. The van der Waals surface area contributed by atoms with Crippen LogP contribution in [0.5, 0.6) is 0 Å². The molecule has 0 unspecified atom stereocenters. The average molecular weight is 228 g/mol. The van der Waals surface area contributed by atoms with E-state index in [4.69, 9.17) is 5.73 Å². The first-order valence-electron chi connectivity index (χ1n) is 5.67. The van der Waals surface area contributed by atoms with Crippen LogP contribution in [0.4, 0.5) is 5.82 Å². The normalized spacial score (nSPS) is 10.5. The lowest BCUT2D eigenvalue weighted by Crippen LogP contribution is -2.04. The Morgan fingerprint density at radius 3 is 2.65 bits per heavy atom. The molecule has 0 aliphatic carbocycles. The Morgan fingerprint density at radius 1 is 1.24 bits per heavy atom. The van der Waals surface area contributed by atoms with Crippen molar-refractivity contribution in [2.45, 2.75) is 27.2 Å². The van der Waals surface area contributed by atoms with Gasteiger partial charge in [-0.15, -0.1) is 0 Å². The highest BCUT2D eigenvalue weighted by atomic mass is 15.0. The molecule has 0 atom stereocenters. The zero-order chi connectivity index (χ0) is 12.4. The highest BCUT2D eigenvalue weighted by Gasteiger charge is 2.10. The Labute approximate surface area is 101 Å². The van der Waals surface area contributed by atoms with Crippen LogP contribution in [0, 0.1) is 13.8 Å². The summed E-state index contributed by atoms with van der Waals surface area (Å²) in [7, 11) is 0. The van der Waals surface area contributed by atoms with Gasteiger partial charge in [-0.05, 0) is 26.0 Å². The van der Waals surface area contributed by atoms with E-state index in [1.807, 2.05) is 32.9 Å². The quantitative estimate of drug-likeness (QED) is 0.856. The van der Waals surface area contributed by atoms with Crippen molar-refractivity contribution in [1.29, 1.82) is 0 Å². The minimum atomic E-state index is 0.557. The van der Waals surface area contributed by atoms with E-state index in [1.165, 1.54) is 0 Å². The molecule has 0 saturated heterocycles. The van der Waals surface area contributed by atoms with Crippen LogP contribution in [0.2, 0.25) is 0 Å². The number of anilines is 1. The second kappa shape index (κ2) is 4.49. The summed E-state index contributed by atoms with van der Waals surface area (Å²) in [6.07, 6.45) is 2.57. The highest BCUT2D eigenvalue weighted by molar-refractivity contribution is 5.67. The van der Waals surface area contributed by atoms with Crippen molar-refractivity contribution < 1.29 is 0 Å². The lowest BCUT2D eigenvalue weighted by Gasteiger charge is -2.09. The van der Waals surface area contributed by atoms with Crippen molar-refractivity contribution in [3.8, 4) is 11.3 Å². The molecule has 0 aromatic carbocycles. The molecular formula is C13H16N4. The van der Waals surface area contributed by atoms with Gasteiger partial charge in [0.05, 0.1) is 5.69 Å². The summed E-state index contributed by atoms with van der Waals surface area (Å²) in [4.78, 5) is 13.0. The predicted octanol–water partition coefficient (Wildman–Crippen LogP) is 2.30. The van der Waals surface area contributed by atoms with Crippen molar-refractivity contribution >= 4 is 5.82 Å². The van der Waals surface area contributed by atoms with Crippen LogP contribution in [-0.4, -0.2) is 15.0 Å². The maximum Gasteiger partial charge on any atom is 0.131 e. The molecule has 2 aromatic heterocycles. The van der Waals surface area contributed by atoms with Crippen LogP contribution in [0.25, 0.3) is 11.3 Å². The fourth-order valence-electron chi connectivity index (χ4n) is 1.71. The van der Waals surface area contributed by atoms with Crippen LogP contribution >= 0.6 is 0 Å². The zero-order valence-electron chi connectivity index (χ0n) is 10.4. The van der Waals surface area contributed by atoms with Gasteiger partial charge in [-0.2, -0.15) is 0 Å². The van der Waals surface area contributed by atoms with Crippen LogP contribution < -0.4 is 5.73 Å². The standard InChI is InChI=1S/C13H16N4/c1-4-11-16-12(9(3)13(14)17-11)10-5-6-15-8(2)7-10/h5-7H,4H2,1-3H3,(H2,14,16,17). The summed E-state index contributed by atoms with van der Waals surface area (Å²) in [5, 5.41) is 0. The minimum Gasteiger partial charge on any atom is -0.383 e. The molecule has 2 heterocycles. The third-order valence-corrected chi connectivity index (χ3v) is 2.72. The number of nitrogens with zero attached hydrogens (tertiary/aromatic N) is 3. The maximum absolute atomic E-state index is 5.91. The second-order valence-corrected chi connectivity index (χ2v) is 4.04. The average Bonchev–Trinajstić information content (AvgIpc) is 2.32. The van der Waals surface area contributed by atoms with E-state index < -0.39 is 0 Å². The largest absolute Gasteiger partial charge is 0.383 e. The van der Waals surface area contributed by atoms with E-state index in [9.17, 15) is 0 Å². The number of aryl methyl sites for hydroxylation is 2. The molecule has 2 aromatic rings. The van der Waals surface area contributed by atoms with Gasteiger partial charge in [0, 0.05) is 29.4 Å². The van der Waals surface area contributed by atoms with Crippen molar-refractivity contribution in [3.63, 3.8) is 0 Å². The van der Waals surface area contributed by atoms with Gasteiger partial charge in [0.2, 0.25) is 0 Å². The molecule has 0 spiro atoms. The van der Waals surface area contributed by atoms with Crippen molar-refractivity contribution in [1.82, 2.24) is 15.0 Å². The fraction of sp³-hybridized carbons (Fsp3) is 0.308. The number of nitrogens with two attached hydrogens (primary N) is 1. The molecule has 0 aliphatic heterocycles. The Kier molecular flexibility index (Phi) is 3.04. The van der Waals surface area contributed by atoms with Gasteiger partial charge in [0.1, 0.15) is 11.6 Å². The molecule has 0 saturated carbocycles. The summed E-state index contributed by atoms with van der Waals surface area (Å²) >= 11 is 0. The van der Waals surface area contributed by atoms with Crippen molar-refractivity contribution in [3.05, 3.63) is 35.4 Å². The zero-order valence-corrected chi connectivity index (χ0v) is 10.4. The number of nitrogen functional groups attached to an aromatic ring is 1. The van der Waals surface area contributed by atoms with E-state index in [-0.39, 0.29) is 0 Å². The molecule has 2 N–H and O–H groups in total. The van der Waals surface area contributed by atoms with E-state index in [0.29, 0.717) is 5.82 Å². The Hall–Kier alpha value is -1.97. The van der Waals surface area contributed by atoms with E-state index in [2.05, 4.69) is 15.0 Å². The van der Waals surface area contributed by atoms with E-state index in [1.54, 1.807) is 6.20 Å². The Morgan fingerprint density at radius 2 is 2.00 bits per heavy atom. The molecule has 88 valence electrons. The molecule has 4 nitrogen and oxygen atoms in total. The van der Waals surface area contributed by atoms with Crippen LogP contribution in [0.15, 0.2) is 18.3 Å². The molecule has 0 radical (unpaired) electrons. The summed E-state index contributed by atoms with van der Waals surface area (Å²) in [6.45, 7) is 5.93. The third-order valence-electron chi connectivity index (χ3n) is 2.72. The number of hydrogen-bond donors (Lipinski definition) is 1. The Balaban J connectivity index is 2.62. The van der Waals surface area contributed by atoms with Gasteiger partial charge in [-0.25, -0.2) is 9.97 Å². The van der Waals surface area contributed by atoms with Gasteiger partial charge in [-0.1, -0.05) is 6.92 Å². The molecule has 0 fully saturated rings. The Bertz CT molecular complexity index is 549. The van der Waals surface area contributed by atoms with Gasteiger partial charge < -0.3 is 5.73 Å². The second-order valence-electron chi connectivity index (χ2n) is 4.04. The van der Waals surface area contributed by atoms with Crippen LogP contribution in [0.3, 0.4) is 0 Å². The molecule has 2 rings (SSSR count). The molecule has 0 amide bonds. The SMILES string of the molecule is CCc1nc(N)c(C)c(-c2ccnc(C)c2)n1. The first-order valence-corrected chi connectivity index (χ1v) is 5.67. The van der Waals surface area contributed by atoms with Crippen molar-refractivity contribution in [2.75, 3.05) is 5.73 Å². The van der Waals surface area contributed by atoms with Crippen LogP contribution in [-0.2, 0) is 6.42 Å². The maximum atomic E-state index is 5.91. The minimum absolute atomic E-state index is 0.557. The summed E-state index contributed by atoms with van der Waals surface area (Å²) in [5.74, 6) is 1.33. The lowest BCUT2D eigenvalue weighted by molar-refractivity contribution is 0.939. The number of rotatable bonds is 2. The number of aromatic nitrogens is 3. The smallest absolute Gasteiger partial charge is 0.131 e. The topological polar surface area (TPSA) is 64.7 Å². The van der Waals surface area contributed by atoms with Gasteiger partial charge in [-0.3, -0.25) is 4.98 Å². The molecule has 0 bridgehead atoms. The summed E-state index contributed by atoms with van der Waals surface area (Å²) < 4.78 is 0. The van der Waals surface area contributed by atoms with Crippen LogP contribution in [0.1, 0.15) is 24.0 Å². The summed E-state index contributed by atoms with van der Waals surface area (Å²) in [6, 6.07) is 3.95. The number of hydrogen-bond acceptors (Lipinski definition) is 4. The first kappa shape index (κ1) is 11.5. The number of pyridine rings is 1. The van der Waals surface area contributed by atoms with Crippen molar-refractivity contribution in [2.24, 2.45) is 0 Å². The summed E-state index contributed by atoms with van der Waals surface area (Å²) in [5.41, 5.74) is 9.74. The predicted molar refractivity (Wildman–Crippen MR) is 68.5 cm³/mol. The van der Waals surface area contributed by atoms with E-state index >= 15 is 0 Å². The van der Waals surface area contributed by atoms with E-state index in [0.717, 1.165) is 34.8 Å². The van der Waals surface area contributed by atoms with Gasteiger partial charge in [0.15, 0.2) is 0 Å². The molecular weight excluding hydrogens is 212 g/mol. The third kappa shape index (κ3) is 2.25. The highest BCUT2D eigenvalue weighted by Crippen LogP contribution is 2.24.